The van der Waals surface area contributed by atoms with Gasteiger partial charge in [0.25, 0.3) is 7.85 Å². The van der Waals surface area contributed by atoms with Crippen molar-refractivity contribution in [2.24, 2.45) is 0 Å². The Kier molecular flexibility index (Phi) is 5.51. The van der Waals surface area contributed by atoms with Crippen molar-refractivity contribution in [2.75, 3.05) is 13.6 Å². The monoisotopic (exact) mass is 159 g/mol. The van der Waals surface area contributed by atoms with Gasteiger partial charge in [0.15, 0.2) is 0 Å². The highest BCUT2D eigenvalue weighted by Gasteiger charge is 1.98. The SMILES string of the molecule is C=C(C)CCN[P+](=C)NC. The maximum Gasteiger partial charge on any atom is 0.267 e. The van der Waals surface area contributed by atoms with E-state index in [9.17, 15) is 0 Å². The lowest BCUT2D eigenvalue weighted by atomic mass is 10.2. The fourth-order valence-electron chi connectivity index (χ4n) is 0.483. The summed E-state index contributed by atoms with van der Waals surface area (Å²) in [4.78, 5) is 0. The second kappa shape index (κ2) is 5.60. The molecule has 1 atom stereocenters. The van der Waals surface area contributed by atoms with Crippen molar-refractivity contribution in [3.63, 3.8) is 0 Å². The fraction of sp³-hybridized carbons (Fsp3) is 0.571. The second-order valence-electron chi connectivity index (χ2n) is 2.27. The van der Waals surface area contributed by atoms with Crippen LogP contribution in [0.1, 0.15) is 13.3 Å². The molecule has 0 saturated carbocycles. The minimum Gasteiger partial charge on any atom is -0.131 e. The molecule has 2 nitrogen and oxygen atoms in total. The highest BCUT2D eigenvalue weighted by Crippen LogP contribution is 2.04. The van der Waals surface area contributed by atoms with Gasteiger partial charge in [-0.05, 0) is 13.3 Å². The van der Waals surface area contributed by atoms with E-state index in [-0.39, 0.29) is 0 Å². The lowest BCUT2D eigenvalue weighted by molar-refractivity contribution is 0.885. The first-order chi connectivity index (χ1) is 4.66. The van der Waals surface area contributed by atoms with Crippen LogP contribution >= 0.6 is 7.85 Å². The molecular formula is C7H16N2P+. The Hall–Kier alpha value is -0.170. The minimum atomic E-state index is -0.400. The molecule has 0 saturated heterocycles. The van der Waals surface area contributed by atoms with Crippen LogP contribution in [0.15, 0.2) is 12.2 Å². The number of nitrogens with one attached hydrogen (secondary N) is 2. The van der Waals surface area contributed by atoms with Crippen molar-refractivity contribution in [2.45, 2.75) is 13.3 Å². The average Bonchev–Trinajstić information content (AvgIpc) is 1.87. The van der Waals surface area contributed by atoms with Crippen LogP contribution in [0.5, 0.6) is 0 Å². The van der Waals surface area contributed by atoms with Gasteiger partial charge in [0, 0.05) is 13.6 Å². The van der Waals surface area contributed by atoms with E-state index in [4.69, 9.17) is 0 Å². The summed E-state index contributed by atoms with van der Waals surface area (Å²) >= 11 is 0. The Labute approximate surface area is 64.2 Å². The van der Waals surface area contributed by atoms with E-state index >= 15 is 0 Å². The molecular weight excluding hydrogens is 143 g/mol. The quantitative estimate of drug-likeness (QED) is 0.469. The molecule has 0 heterocycles. The number of hydrogen-bond acceptors (Lipinski definition) is 2. The van der Waals surface area contributed by atoms with Gasteiger partial charge in [0.1, 0.15) is 6.30 Å². The van der Waals surface area contributed by atoms with E-state index in [1.807, 2.05) is 14.0 Å². The zero-order valence-electron chi connectivity index (χ0n) is 6.78. The van der Waals surface area contributed by atoms with Gasteiger partial charge in [-0.3, -0.25) is 0 Å². The first kappa shape index (κ1) is 9.83. The zero-order chi connectivity index (χ0) is 7.98. The predicted octanol–water partition coefficient (Wildman–Crippen LogP) is 1.51. The molecule has 2 N–H and O–H groups in total. The second-order valence-corrected chi connectivity index (χ2v) is 3.89. The first-order valence-electron chi connectivity index (χ1n) is 3.32. The predicted molar refractivity (Wildman–Crippen MR) is 50.5 cm³/mol. The molecule has 1 unspecified atom stereocenters. The summed E-state index contributed by atoms with van der Waals surface area (Å²) < 4.78 is 0. The van der Waals surface area contributed by atoms with E-state index in [0.29, 0.717) is 0 Å². The third kappa shape index (κ3) is 5.96. The Morgan fingerprint density at radius 3 is 2.60 bits per heavy atom. The first-order valence-corrected chi connectivity index (χ1v) is 4.85. The van der Waals surface area contributed by atoms with Gasteiger partial charge in [-0.2, -0.15) is 0 Å². The number of hydrogen-bond donors (Lipinski definition) is 2. The van der Waals surface area contributed by atoms with Crippen LogP contribution in [-0.2, 0) is 0 Å². The van der Waals surface area contributed by atoms with Crippen LogP contribution < -0.4 is 10.2 Å². The fourth-order valence-corrected chi connectivity index (χ4v) is 1.02. The van der Waals surface area contributed by atoms with Crippen molar-refractivity contribution in [1.82, 2.24) is 10.2 Å². The summed E-state index contributed by atoms with van der Waals surface area (Å²) in [5.74, 6) is 0. The van der Waals surface area contributed by atoms with Crippen LogP contribution in [-0.4, -0.2) is 19.9 Å². The summed E-state index contributed by atoms with van der Waals surface area (Å²) in [5, 5.41) is 6.30. The maximum absolute atomic E-state index is 3.87. The van der Waals surface area contributed by atoms with Gasteiger partial charge in [0.05, 0.1) is 0 Å². The Morgan fingerprint density at radius 2 is 2.20 bits per heavy atom. The van der Waals surface area contributed by atoms with Crippen molar-refractivity contribution in [1.29, 1.82) is 0 Å². The topological polar surface area (TPSA) is 24.1 Å². The average molecular weight is 159 g/mol. The van der Waals surface area contributed by atoms with Crippen molar-refractivity contribution in [3.05, 3.63) is 12.2 Å². The van der Waals surface area contributed by atoms with Crippen LogP contribution in [0, 0.1) is 0 Å². The van der Waals surface area contributed by atoms with E-state index in [1.165, 1.54) is 5.57 Å². The van der Waals surface area contributed by atoms with Crippen LogP contribution in [0.3, 0.4) is 0 Å². The lowest BCUT2D eigenvalue weighted by Gasteiger charge is -1.95. The van der Waals surface area contributed by atoms with Crippen molar-refractivity contribution < 1.29 is 0 Å². The summed E-state index contributed by atoms with van der Waals surface area (Å²) in [7, 11) is 1.51. The molecule has 58 valence electrons. The minimum absolute atomic E-state index is 0.400. The Bertz CT molecular complexity index is 132. The highest BCUT2D eigenvalue weighted by molar-refractivity contribution is 7.51. The summed E-state index contributed by atoms with van der Waals surface area (Å²) in [6, 6.07) is 0. The van der Waals surface area contributed by atoms with Crippen molar-refractivity contribution in [3.8, 4) is 0 Å². The van der Waals surface area contributed by atoms with Gasteiger partial charge in [-0.1, -0.05) is 5.57 Å². The smallest absolute Gasteiger partial charge is 0.131 e. The molecule has 0 aliphatic heterocycles. The molecule has 0 amide bonds. The van der Waals surface area contributed by atoms with Crippen LogP contribution in [0.2, 0.25) is 0 Å². The zero-order valence-corrected chi connectivity index (χ0v) is 7.67. The normalized spacial score (nSPS) is 11.2. The molecule has 0 radical (unpaired) electrons. The van der Waals surface area contributed by atoms with Gasteiger partial charge < -0.3 is 0 Å². The van der Waals surface area contributed by atoms with E-state index < -0.39 is 7.85 Å². The highest BCUT2D eigenvalue weighted by atomic mass is 31.1. The molecule has 3 heteroatoms. The largest absolute Gasteiger partial charge is 0.267 e. The number of rotatable bonds is 5. The molecule has 0 fully saturated rings. The van der Waals surface area contributed by atoms with E-state index in [1.54, 1.807) is 0 Å². The molecule has 0 aromatic heterocycles. The van der Waals surface area contributed by atoms with Gasteiger partial charge in [0.2, 0.25) is 0 Å². The molecule has 0 spiro atoms. The third-order valence-corrected chi connectivity index (χ3v) is 2.27. The summed E-state index contributed by atoms with van der Waals surface area (Å²) in [6.45, 7) is 6.82. The van der Waals surface area contributed by atoms with Gasteiger partial charge in [-0.15, -0.1) is 16.8 Å². The maximum atomic E-state index is 3.87. The third-order valence-electron chi connectivity index (χ3n) is 1.12. The molecule has 10 heavy (non-hydrogen) atoms. The standard InChI is InChI=1S/C7H16N2P/c1-7(2)5-6-9-10(4)8-3/h8-9H,1,4-6H2,2-3H3/q+1. The Balaban J connectivity index is 3.20. The van der Waals surface area contributed by atoms with Gasteiger partial charge >= 0.3 is 0 Å². The Morgan fingerprint density at radius 1 is 1.60 bits per heavy atom. The lowest BCUT2D eigenvalue weighted by Crippen LogP contribution is -2.11. The van der Waals surface area contributed by atoms with Gasteiger partial charge in [-0.25, -0.2) is 0 Å². The van der Waals surface area contributed by atoms with E-state index in [2.05, 4.69) is 23.1 Å². The summed E-state index contributed by atoms with van der Waals surface area (Å²) in [6.07, 6.45) is 4.90. The molecule has 0 bridgehead atoms. The summed E-state index contributed by atoms with van der Waals surface area (Å²) in [5.41, 5.74) is 1.21. The molecule has 0 aliphatic rings. The molecule has 0 aromatic carbocycles. The molecule has 0 aliphatic carbocycles. The van der Waals surface area contributed by atoms with Crippen LogP contribution in [0.25, 0.3) is 0 Å². The van der Waals surface area contributed by atoms with Crippen molar-refractivity contribution >= 4 is 14.1 Å². The molecule has 0 rings (SSSR count). The van der Waals surface area contributed by atoms with E-state index in [0.717, 1.165) is 13.0 Å². The molecule has 0 aromatic rings. The van der Waals surface area contributed by atoms with Crippen LogP contribution in [0.4, 0.5) is 0 Å².